The summed E-state index contributed by atoms with van der Waals surface area (Å²) in [5, 5.41) is 1.17. The Balaban J connectivity index is 2.87. The number of ether oxygens (including phenoxy) is 4. The van der Waals surface area contributed by atoms with Gasteiger partial charge < -0.3 is 23.8 Å². The molecule has 1 amide bonds. The molecule has 0 spiro atoms. The molecule has 33 heavy (non-hydrogen) atoms. The first-order valence-corrected chi connectivity index (χ1v) is 14.4. The highest BCUT2D eigenvalue weighted by Crippen LogP contribution is 2.46. The molecule has 0 bridgehead atoms. The van der Waals surface area contributed by atoms with Crippen molar-refractivity contribution in [3.8, 4) is 34.1 Å². The number of hydrogen-bond donors (Lipinski definition) is 0. The van der Waals surface area contributed by atoms with Gasteiger partial charge in [0.25, 0.3) is 0 Å². The number of para-hydroxylation sites is 1. The van der Waals surface area contributed by atoms with Gasteiger partial charge >= 0.3 is 6.09 Å². The Morgan fingerprint density at radius 1 is 0.758 bits per heavy atom. The number of benzene rings is 2. The number of methoxy groups -OCH3 is 3. The number of nitrogens with zero attached hydrogens (tertiary/aromatic N) is 1. The molecule has 0 radical (unpaired) electrons. The average molecular weight is 474 g/mol. The van der Waals surface area contributed by atoms with Crippen molar-refractivity contribution in [2.45, 2.75) is 52.8 Å². The third-order valence-corrected chi connectivity index (χ3v) is 12.4. The molecule has 0 aliphatic rings. The maximum Gasteiger partial charge on any atom is 0.415 e. The summed E-state index contributed by atoms with van der Waals surface area (Å²) in [6, 6.07) is 13.2. The van der Waals surface area contributed by atoms with Gasteiger partial charge in [0.2, 0.25) is 5.75 Å². The van der Waals surface area contributed by atoms with Crippen molar-refractivity contribution >= 4 is 19.4 Å². The van der Waals surface area contributed by atoms with E-state index in [2.05, 4.69) is 32.9 Å². The maximum atomic E-state index is 13.1. The minimum absolute atomic E-state index is 0.334. The van der Waals surface area contributed by atoms with Gasteiger partial charge in [-0.3, -0.25) is 0 Å². The molecular formula is C26H39NO5Si. The number of carbonyl (C=O) groups excluding carboxylic acids is 1. The number of rotatable bonds is 11. The van der Waals surface area contributed by atoms with Gasteiger partial charge in [-0.25, -0.2) is 4.79 Å². The summed E-state index contributed by atoms with van der Waals surface area (Å²) in [5.41, 5.74) is 1.61. The molecule has 0 heterocycles. The number of amides is 1. The quantitative estimate of drug-likeness (QED) is 0.378. The lowest BCUT2D eigenvalue weighted by Gasteiger charge is -2.32. The van der Waals surface area contributed by atoms with E-state index in [4.69, 9.17) is 18.9 Å². The SMILES string of the molecule is CCN(CC)C(=O)Oc1c(-c2ccc(OC)c(OC)c2OC)cccc1[Si](CC)(CC)CC. The van der Waals surface area contributed by atoms with Crippen LogP contribution in [-0.4, -0.2) is 53.5 Å². The largest absolute Gasteiger partial charge is 0.493 e. The van der Waals surface area contributed by atoms with Crippen LogP contribution in [-0.2, 0) is 0 Å². The number of hydrogen-bond acceptors (Lipinski definition) is 5. The second-order valence-corrected chi connectivity index (χ2v) is 13.2. The molecule has 0 saturated carbocycles. The molecule has 6 nitrogen and oxygen atoms in total. The van der Waals surface area contributed by atoms with Crippen LogP contribution in [0.4, 0.5) is 4.79 Å². The normalized spacial score (nSPS) is 11.2. The Kier molecular flexibility index (Phi) is 9.65. The Hall–Kier alpha value is -2.67. The maximum absolute atomic E-state index is 13.1. The lowest BCUT2D eigenvalue weighted by atomic mass is 10.0. The summed E-state index contributed by atoms with van der Waals surface area (Å²) < 4.78 is 23.1. The van der Waals surface area contributed by atoms with Crippen LogP contribution in [0.2, 0.25) is 18.1 Å². The highest BCUT2D eigenvalue weighted by atomic mass is 28.3. The second kappa shape index (κ2) is 12.0. The first-order chi connectivity index (χ1) is 15.9. The van der Waals surface area contributed by atoms with E-state index in [0.29, 0.717) is 36.1 Å². The van der Waals surface area contributed by atoms with Crippen LogP contribution in [0.3, 0.4) is 0 Å². The summed E-state index contributed by atoms with van der Waals surface area (Å²) in [6.45, 7) is 11.8. The van der Waals surface area contributed by atoms with Gasteiger partial charge in [-0.1, -0.05) is 57.1 Å². The number of carbonyl (C=O) groups is 1. The highest BCUT2D eigenvalue weighted by Gasteiger charge is 2.35. The molecule has 0 aliphatic carbocycles. The summed E-state index contributed by atoms with van der Waals surface area (Å²) in [6.07, 6.45) is -0.334. The monoisotopic (exact) mass is 473 g/mol. The van der Waals surface area contributed by atoms with Crippen molar-refractivity contribution < 1.29 is 23.7 Å². The summed E-state index contributed by atoms with van der Waals surface area (Å²) in [4.78, 5) is 14.8. The van der Waals surface area contributed by atoms with E-state index >= 15 is 0 Å². The molecule has 0 fully saturated rings. The molecule has 0 saturated heterocycles. The molecule has 2 rings (SSSR count). The first-order valence-electron chi connectivity index (χ1n) is 11.8. The van der Waals surface area contributed by atoms with Crippen LogP contribution in [0, 0.1) is 0 Å². The Labute approximate surface area is 199 Å². The van der Waals surface area contributed by atoms with Crippen LogP contribution in [0.1, 0.15) is 34.6 Å². The second-order valence-electron chi connectivity index (χ2n) is 7.95. The van der Waals surface area contributed by atoms with Crippen molar-refractivity contribution in [2.75, 3.05) is 34.4 Å². The highest BCUT2D eigenvalue weighted by molar-refractivity contribution is 6.92. The summed E-state index contributed by atoms with van der Waals surface area (Å²) in [7, 11) is 2.91. The van der Waals surface area contributed by atoms with Gasteiger partial charge in [-0.15, -0.1) is 0 Å². The first kappa shape index (κ1) is 26.6. The zero-order valence-corrected chi connectivity index (χ0v) is 22.4. The molecule has 7 heteroatoms. The molecule has 2 aromatic carbocycles. The van der Waals surface area contributed by atoms with Gasteiger partial charge in [0.15, 0.2) is 11.5 Å². The van der Waals surface area contributed by atoms with E-state index < -0.39 is 8.07 Å². The van der Waals surface area contributed by atoms with Crippen molar-refractivity contribution in [2.24, 2.45) is 0 Å². The van der Waals surface area contributed by atoms with Crippen molar-refractivity contribution in [1.29, 1.82) is 0 Å². The predicted octanol–water partition coefficient (Wildman–Crippen LogP) is 5.94. The van der Waals surface area contributed by atoms with E-state index in [-0.39, 0.29) is 6.09 Å². The van der Waals surface area contributed by atoms with Crippen molar-refractivity contribution in [1.82, 2.24) is 4.90 Å². The van der Waals surface area contributed by atoms with Gasteiger partial charge in [0, 0.05) is 24.2 Å². The molecule has 0 aromatic heterocycles. The van der Waals surface area contributed by atoms with E-state index in [1.807, 2.05) is 32.0 Å². The predicted molar refractivity (Wildman–Crippen MR) is 137 cm³/mol. The van der Waals surface area contributed by atoms with E-state index in [1.54, 1.807) is 26.2 Å². The molecule has 0 aliphatic heterocycles. The van der Waals surface area contributed by atoms with Crippen molar-refractivity contribution in [3.63, 3.8) is 0 Å². The Bertz CT molecular complexity index is 930. The van der Waals surface area contributed by atoms with Gasteiger partial charge in [-0.05, 0) is 31.2 Å². The van der Waals surface area contributed by atoms with Gasteiger partial charge in [0.05, 0.1) is 29.4 Å². The lowest BCUT2D eigenvalue weighted by Crippen LogP contribution is -2.47. The third-order valence-electron chi connectivity index (χ3n) is 6.82. The smallest absolute Gasteiger partial charge is 0.415 e. The fourth-order valence-electron chi connectivity index (χ4n) is 4.55. The van der Waals surface area contributed by atoms with Crippen LogP contribution in [0.25, 0.3) is 11.1 Å². The average Bonchev–Trinajstić information content (AvgIpc) is 2.85. The molecule has 182 valence electrons. The molecule has 0 N–H and O–H groups in total. The summed E-state index contributed by atoms with van der Waals surface area (Å²) in [5.74, 6) is 2.27. The van der Waals surface area contributed by atoms with Crippen LogP contribution < -0.4 is 24.1 Å². The zero-order valence-electron chi connectivity index (χ0n) is 21.4. The summed E-state index contributed by atoms with van der Waals surface area (Å²) >= 11 is 0. The minimum atomic E-state index is -1.88. The molecule has 0 atom stereocenters. The minimum Gasteiger partial charge on any atom is -0.493 e. The van der Waals surface area contributed by atoms with E-state index in [0.717, 1.165) is 29.3 Å². The van der Waals surface area contributed by atoms with Crippen molar-refractivity contribution in [3.05, 3.63) is 30.3 Å². The van der Waals surface area contributed by atoms with Crippen LogP contribution >= 0.6 is 0 Å². The zero-order chi connectivity index (χ0) is 24.6. The Morgan fingerprint density at radius 3 is 1.82 bits per heavy atom. The Morgan fingerprint density at radius 2 is 1.33 bits per heavy atom. The van der Waals surface area contributed by atoms with Crippen LogP contribution in [0.5, 0.6) is 23.0 Å². The van der Waals surface area contributed by atoms with E-state index in [1.165, 1.54) is 5.19 Å². The van der Waals surface area contributed by atoms with Gasteiger partial charge in [0.1, 0.15) is 5.75 Å². The topological polar surface area (TPSA) is 57.2 Å². The van der Waals surface area contributed by atoms with Crippen LogP contribution in [0.15, 0.2) is 30.3 Å². The third kappa shape index (κ3) is 5.13. The standard InChI is InChI=1S/C26H39NO5Si/c1-9-27(10-2)26(28)32-23-19(15-14-16-22(23)33(11-3,12-4)13-5)20-17-18-21(29-6)25(31-8)24(20)30-7/h14-18H,9-13H2,1-8H3. The molecule has 0 unspecified atom stereocenters. The molecular weight excluding hydrogens is 434 g/mol. The van der Waals surface area contributed by atoms with Gasteiger partial charge in [-0.2, -0.15) is 0 Å². The molecule has 2 aromatic rings. The fraction of sp³-hybridized carbons (Fsp3) is 0.500. The lowest BCUT2D eigenvalue weighted by molar-refractivity contribution is 0.158. The van der Waals surface area contributed by atoms with E-state index in [9.17, 15) is 4.79 Å². The fourth-order valence-corrected chi connectivity index (χ4v) is 8.30.